The van der Waals surface area contributed by atoms with E-state index in [1.807, 2.05) is 56.3 Å². The summed E-state index contributed by atoms with van der Waals surface area (Å²) in [6, 6.07) is 22.1. The largest absolute Gasteiger partial charge is 0.451 e. The van der Waals surface area contributed by atoms with Gasteiger partial charge in [-0.1, -0.05) is 42.0 Å². The van der Waals surface area contributed by atoms with Gasteiger partial charge in [-0.05, 0) is 55.8 Å². The van der Waals surface area contributed by atoms with Crippen LogP contribution in [0.5, 0.6) is 0 Å². The van der Waals surface area contributed by atoms with Gasteiger partial charge in [0.05, 0.1) is 5.56 Å². The molecule has 5 rings (SSSR count). The van der Waals surface area contributed by atoms with Crippen LogP contribution in [0.3, 0.4) is 0 Å². The van der Waals surface area contributed by atoms with E-state index in [2.05, 4.69) is 5.32 Å². The second-order valence-electron chi connectivity index (χ2n) is 7.58. The van der Waals surface area contributed by atoms with Crippen LogP contribution in [0.15, 0.2) is 86.4 Å². The number of furan rings is 1. The van der Waals surface area contributed by atoms with E-state index in [1.165, 1.54) is 0 Å². The van der Waals surface area contributed by atoms with Gasteiger partial charge in [0.15, 0.2) is 5.76 Å². The van der Waals surface area contributed by atoms with Crippen molar-refractivity contribution in [1.29, 1.82) is 0 Å². The van der Waals surface area contributed by atoms with Gasteiger partial charge < -0.3 is 14.2 Å². The third kappa shape index (κ3) is 3.40. The van der Waals surface area contributed by atoms with Crippen LogP contribution in [0.1, 0.15) is 21.7 Å². The number of rotatable bonds is 3. The molecule has 0 fully saturated rings. The van der Waals surface area contributed by atoms with Gasteiger partial charge in [0, 0.05) is 22.0 Å². The zero-order chi connectivity index (χ0) is 21.5. The predicted octanol–water partition coefficient (Wildman–Crippen LogP) is 6.08. The van der Waals surface area contributed by atoms with E-state index < -0.39 is 5.63 Å². The van der Waals surface area contributed by atoms with Crippen molar-refractivity contribution in [3.8, 4) is 11.1 Å². The lowest BCUT2D eigenvalue weighted by Gasteiger charge is -2.07. The van der Waals surface area contributed by atoms with Crippen LogP contribution in [-0.2, 0) is 0 Å². The zero-order valence-corrected chi connectivity index (χ0v) is 17.1. The molecular weight excluding hydrogens is 390 g/mol. The highest BCUT2D eigenvalue weighted by molar-refractivity contribution is 6.06. The van der Waals surface area contributed by atoms with E-state index in [0.29, 0.717) is 28.0 Å². The molecule has 0 aliphatic rings. The summed E-state index contributed by atoms with van der Waals surface area (Å²) in [5.74, 6) is -0.0646. The molecule has 2 aromatic heterocycles. The summed E-state index contributed by atoms with van der Waals surface area (Å²) in [7, 11) is 0. The van der Waals surface area contributed by atoms with Crippen molar-refractivity contribution in [1.82, 2.24) is 0 Å². The first-order valence-corrected chi connectivity index (χ1v) is 9.94. The van der Waals surface area contributed by atoms with Crippen molar-refractivity contribution >= 4 is 33.5 Å². The van der Waals surface area contributed by atoms with Gasteiger partial charge in [0.25, 0.3) is 5.91 Å². The van der Waals surface area contributed by atoms with Crippen LogP contribution < -0.4 is 10.9 Å². The summed E-state index contributed by atoms with van der Waals surface area (Å²) >= 11 is 0. The van der Waals surface area contributed by atoms with Gasteiger partial charge >= 0.3 is 5.63 Å². The highest BCUT2D eigenvalue weighted by atomic mass is 16.4. The quantitative estimate of drug-likeness (QED) is 0.367. The zero-order valence-electron chi connectivity index (χ0n) is 17.1. The molecule has 5 heteroatoms. The third-order valence-corrected chi connectivity index (χ3v) is 5.37. The van der Waals surface area contributed by atoms with Crippen molar-refractivity contribution in [2.24, 2.45) is 0 Å². The van der Waals surface area contributed by atoms with Crippen molar-refractivity contribution in [2.45, 2.75) is 13.8 Å². The second-order valence-corrected chi connectivity index (χ2v) is 7.58. The molecule has 1 N–H and O–H groups in total. The predicted molar refractivity (Wildman–Crippen MR) is 122 cm³/mol. The minimum Gasteiger partial charge on any atom is -0.451 e. The maximum Gasteiger partial charge on any atom is 0.344 e. The summed E-state index contributed by atoms with van der Waals surface area (Å²) in [6.07, 6.45) is 0. The van der Waals surface area contributed by atoms with Crippen molar-refractivity contribution in [2.75, 3.05) is 5.32 Å². The second kappa shape index (κ2) is 7.29. The summed E-state index contributed by atoms with van der Waals surface area (Å²) in [5.41, 5.74) is 4.34. The Bertz CT molecular complexity index is 1520. The Morgan fingerprint density at radius 1 is 0.839 bits per heavy atom. The van der Waals surface area contributed by atoms with E-state index in [9.17, 15) is 9.59 Å². The maximum absolute atomic E-state index is 12.9. The van der Waals surface area contributed by atoms with Gasteiger partial charge in [-0.15, -0.1) is 0 Å². The fourth-order valence-electron chi connectivity index (χ4n) is 3.77. The van der Waals surface area contributed by atoms with E-state index in [4.69, 9.17) is 8.83 Å². The number of carbonyl (C=O) groups is 1. The minimum absolute atomic E-state index is 0.274. The fraction of sp³-hybridized carbons (Fsp3) is 0.0769. The van der Waals surface area contributed by atoms with Crippen LogP contribution in [-0.4, -0.2) is 5.91 Å². The summed E-state index contributed by atoms with van der Waals surface area (Å²) in [4.78, 5) is 25.4. The molecule has 0 aliphatic carbocycles. The minimum atomic E-state index is -0.425. The molecule has 3 aromatic carbocycles. The molecule has 2 heterocycles. The van der Waals surface area contributed by atoms with E-state index in [0.717, 1.165) is 21.9 Å². The number of carbonyl (C=O) groups excluding carboxylic acids is 1. The van der Waals surface area contributed by atoms with Gasteiger partial charge in [-0.2, -0.15) is 0 Å². The molecule has 0 unspecified atom stereocenters. The lowest BCUT2D eigenvalue weighted by atomic mass is 10.1. The number of fused-ring (bicyclic) bond motifs is 2. The van der Waals surface area contributed by atoms with E-state index in [1.54, 1.807) is 30.3 Å². The molecule has 5 nitrogen and oxygen atoms in total. The molecule has 0 aliphatic heterocycles. The topological polar surface area (TPSA) is 72.5 Å². The lowest BCUT2D eigenvalue weighted by molar-refractivity contribution is 0.0998. The van der Waals surface area contributed by atoms with Crippen LogP contribution in [0.4, 0.5) is 5.69 Å². The van der Waals surface area contributed by atoms with Crippen LogP contribution in [0.25, 0.3) is 33.1 Å². The molecule has 1 amide bonds. The number of para-hydroxylation sites is 1. The van der Waals surface area contributed by atoms with Crippen molar-refractivity contribution in [3.63, 3.8) is 0 Å². The van der Waals surface area contributed by atoms with Gasteiger partial charge in [-0.3, -0.25) is 4.79 Å². The third-order valence-electron chi connectivity index (χ3n) is 5.37. The molecule has 31 heavy (non-hydrogen) atoms. The summed E-state index contributed by atoms with van der Waals surface area (Å²) < 4.78 is 11.2. The average molecular weight is 409 g/mol. The molecule has 0 atom stereocenters. The Hall–Kier alpha value is -4.12. The van der Waals surface area contributed by atoms with Crippen LogP contribution >= 0.6 is 0 Å². The number of anilines is 1. The molecule has 0 saturated carbocycles. The first-order chi connectivity index (χ1) is 15.0. The lowest BCUT2D eigenvalue weighted by Crippen LogP contribution is -2.12. The number of hydrogen-bond donors (Lipinski definition) is 1. The molecule has 0 spiro atoms. The highest BCUT2D eigenvalue weighted by Crippen LogP contribution is 2.28. The Labute approximate surface area is 177 Å². The van der Waals surface area contributed by atoms with E-state index >= 15 is 0 Å². The SMILES string of the molecule is Cc1ccc2oc(C(=O)Nc3cccc(-c4cc5ccccc5oc4=O)c3)c(C)c2c1. The number of hydrogen-bond acceptors (Lipinski definition) is 4. The average Bonchev–Trinajstić information content (AvgIpc) is 3.09. The molecule has 5 aromatic rings. The van der Waals surface area contributed by atoms with Crippen molar-refractivity contribution < 1.29 is 13.6 Å². The molecule has 0 saturated heterocycles. The monoisotopic (exact) mass is 409 g/mol. The highest BCUT2D eigenvalue weighted by Gasteiger charge is 2.18. The maximum atomic E-state index is 12.9. The molecular formula is C26H19NO4. The Morgan fingerprint density at radius 2 is 1.68 bits per heavy atom. The first kappa shape index (κ1) is 18.9. The molecule has 0 radical (unpaired) electrons. The fourth-order valence-corrected chi connectivity index (χ4v) is 3.77. The van der Waals surface area contributed by atoms with Crippen LogP contribution in [0.2, 0.25) is 0 Å². The molecule has 152 valence electrons. The summed E-state index contributed by atoms with van der Waals surface area (Å²) in [5, 5.41) is 4.63. The summed E-state index contributed by atoms with van der Waals surface area (Å²) in [6.45, 7) is 3.87. The first-order valence-electron chi connectivity index (χ1n) is 9.94. The number of nitrogens with one attached hydrogen (secondary N) is 1. The van der Waals surface area contributed by atoms with E-state index in [-0.39, 0.29) is 11.7 Å². The van der Waals surface area contributed by atoms with Gasteiger partial charge in [0.2, 0.25) is 0 Å². The van der Waals surface area contributed by atoms with Gasteiger partial charge in [0.1, 0.15) is 11.2 Å². The van der Waals surface area contributed by atoms with Gasteiger partial charge in [-0.25, -0.2) is 4.79 Å². The Balaban J connectivity index is 1.49. The van der Waals surface area contributed by atoms with Crippen molar-refractivity contribution in [3.05, 3.63) is 100 Å². The smallest absolute Gasteiger partial charge is 0.344 e. The number of amides is 1. The standard InChI is InChI=1S/C26H19NO4/c1-15-10-11-23-20(12-15)16(2)24(30-23)25(28)27-19-8-5-7-17(13-19)21-14-18-6-3-4-9-22(18)31-26(21)29/h3-14H,1-2H3,(H,27,28). The number of benzene rings is 3. The van der Waals surface area contributed by atoms with Crippen LogP contribution in [0, 0.1) is 13.8 Å². The normalized spacial score (nSPS) is 11.2. The Kier molecular flexibility index (Phi) is 4.44. The number of aryl methyl sites for hydroxylation is 2. The Morgan fingerprint density at radius 3 is 2.55 bits per heavy atom. The molecule has 0 bridgehead atoms.